The van der Waals surface area contributed by atoms with Crippen molar-refractivity contribution in [3.63, 3.8) is 0 Å². The summed E-state index contributed by atoms with van der Waals surface area (Å²) >= 11 is 0. The molecule has 0 aliphatic carbocycles. The van der Waals surface area contributed by atoms with Crippen molar-refractivity contribution < 1.29 is 0 Å². The molecule has 2 N–H and O–H groups in total. The molecule has 106 valence electrons. The molecule has 0 atom stereocenters. The molecule has 4 heteroatoms. The van der Waals surface area contributed by atoms with Gasteiger partial charge in [-0.25, -0.2) is 9.97 Å². The van der Waals surface area contributed by atoms with Crippen LogP contribution in [-0.2, 0) is 0 Å². The third-order valence-corrected chi connectivity index (χ3v) is 3.88. The van der Waals surface area contributed by atoms with Crippen LogP contribution in [0.3, 0.4) is 0 Å². The van der Waals surface area contributed by atoms with Gasteiger partial charge in [0.05, 0.1) is 0 Å². The van der Waals surface area contributed by atoms with Crippen LogP contribution in [0.1, 0.15) is 55.7 Å². The lowest BCUT2D eigenvalue weighted by Gasteiger charge is -2.31. The van der Waals surface area contributed by atoms with Gasteiger partial charge in [0.1, 0.15) is 5.82 Å². The fourth-order valence-corrected chi connectivity index (χ4v) is 2.69. The first-order chi connectivity index (χ1) is 9.10. The molecule has 2 heterocycles. The van der Waals surface area contributed by atoms with Crippen molar-refractivity contribution in [2.45, 2.75) is 45.4 Å². The number of likely N-dealkylation sites (tertiary alicyclic amines) is 1. The van der Waals surface area contributed by atoms with E-state index in [1.807, 2.05) is 0 Å². The number of nitrogens with zero attached hydrogens (tertiary/aromatic N) is 3. The van der Waals surface area contributed by atoms with Gasteiger partial charge in [0.25, 0.3) is 0 Å². The Balaban J connectivity index is 2.06. The van der Waals surface area contributed by atoms with E-state index in [4.69, 9.17) is 10.7 Å². The molecule has 1 fully saturated rings. The molecule has 19 heavy (non-hydrogen) atoms. The zero-order chi connectivity index (χ0) is 13.8. The fraction of sp³-hybridized carbons (Fsp3) is 0.733. The van der Waals surface area contributed by atoms with Crippen LogP contribution in [0.5, 0.6) is 0 Å². The Bertz CT molecular complexity index is 409. The maximum Gasteiger partial charge on any atom is 0.132 e. The Morgan fingerprint density at radius 2 is 2.00 bits per heavy atom. The Morgan fingerprint density at radius 3 is 2.58 bits per heavy atom. The summed E-state index contributed by atoms with van der Waals surface area (Å²) in [7, 11) is 0. The van der Waals surface area contributed by atoms with Crippen LogP contribution < -0.4 is 5.73 Å². The molecular formula is C15H26N4. The third kappa shape index (κ3) is 3.74. The van der Waals surface area contributed by atoms with Gasteiger partial charge in [-0.15, -0.1) is 0 Å². The molecule has 4 nitrogen and oxygen atoms in total. The van der Waals surface area contributed by atoms with Gasteiger partial charge in [0.15, 0.2) is 0 Å². The minimum Gasteiger partial charge on any atom is -0.329 e. The monoisotopic (exact) mass is 262 g/mol. The molecule has 0 aromatic carbocycles. The topological polar surface area (TPSA) is 55.0 Å². The number of piperidine rings is 1. The SMILES string of the molecule is Cc1cc(C(C)C)nc(C2CCN(CCN)CC2)n1. The first-order valence-electron chi connectivity index (χ1n) is 7.38. The zero-order valence-electron chi connectivity index (χ0n) is 12.4. The van der Waals surface area contributed by atoms with Crippen molar-refractivity contribution in [2.75, 3.05) is 26.2 Å². The van der Waals surface area contributed by atoms with Gasteiger partial charge in [-0.1, -0.05) is 13.8 Å². The Kier molecular flexibility index (Phi) is 4.88. The minimum atomic E-state index is 0.470. The first kappa shape index (κ1) is 14.4. The maximum absolute atomic E-state index is 5.61. The smallest absolute Gasteiger partial charge is 0.132 e. The molecular weight excluding hydrogens is 236 g/mol. The highest BCUT2D eigenvalue weighted by Gasteiger charge is 2.23. The largest absolute Gasteiger partial charge is 0.329 e. The Hall–Kier alpha value is -1.00. The predicted molar refractivity (Wildman–Crippen MR) is 78.3 cm³/mol. The van der Waals surface area contributed by atoms with Crippen molar-refractivity contribution in [3.8, 4) is 0 Å². The summed E-state index contributed by atoms with van der Waals surface area (Å²) in [4.78, 5) is 11.9. The van der Waals surface area contributed by atoms with Crippen molar-refractivity contribution in [2.24, 2.45) is 5.73 Å². The van der Waals surface area contributed by atoms with Crippen molar-refractivity contribution in [3.05, 3.63) is 23.3 Å². The van der Waals surface area contributed by atoms with E-state index in [0.29, 0.717) is 11.8 Å². The molecule has 2 rings (SSSR count). The summed E-state index contributed by atoms with van der Waals surface area (Å²) < 4.78 is 0. The second kappa shape index (κ2) is 6.44. The van der Waals surface area contributed by atoms with E-state index in [1.165, 1.54) is 5.69 Å². The van der Waals surface area contributed by atoms with E-state index < -0.39 is 0 Å². The predicted octanol–water partition coefficient (Wildman–Crippen LogP) is 2.05. The zero-order valence-corrected chi connectivity index (χ0v) is 12.4. The van der Waals surface area contributed by atoms with E-state index in [1.54, 1.807) is 0 Å². The normalized spacial score (nSPS) is 18.2. The number of rotatable bonds is 4. The van der Waals surface area contributed by atoms with E-state index >= 15 is 0 Å². The number of hydrogen-bond acceptors (Lipinski definition) is 4. The van der Waals surface area contributed by atoms with Gasteiger partial charge < -0.3 is 10.6 Å². The van der Waals surface area contributed by atoms with Gasteiger partial charge in [0.2, 0.25) is 0 Å². The summed E-state index contributed by atoms with van der Waals surface area (Å²) in [6.45, 7) is 10.5. The van der Waals surface area contributed by atoms with Gasteiger partial charge in [0, 0.05) is 30.4 Å². The summed E-state index contributed by atoms with van der Waals surface area (Å²) in [5.74, 6) is 2.04. The lowest BCUT2D eigenvalue weighted by Crippen LogP contribution is -2.36. The molecule has 1 aliphatic heterocycles. The molecule has 0 spiro atoms. The van der Waals surface area contributed by atoms with Crippen molar-refractivity contribution in [1.82, 2.24) is 14.9 Å². The van der Waals surface area contributed by atoms with Crippen molar-refractivity contribution in [1.29, 1.82) is 0 Å². The molecule has 1 aliphatic rings. The Labute approximate surface area is 116 Å². The molecule has 0 amide bonds. The highest BCUT2D eigenvalue weighted by atomic mass is 15.1. The fourth-order valence-electron chi connectivity index (χ4n) is 2.69. The van der Waals surface area contributed by atoms with Gasteiger partial charge >= 0.3 is 0 Å². The molecule has 0 unspecified atom stereocenters. The molecule has 1 aromatic rings. The highest BCUT2D eigenvalue weighted by molar-refractivity contribution is 5.15. The summed E-state index contributed by atoms with van der Waals surface area (Å²) in [5.41, 5.74) is 7.88. The standard InChI is InChI=1S/C15H26N4/c1-11(2)14-10-12(3)17-15(18-14)13-4-7-19(8-5-13)9-6-16/h10-11,13H,4-9,16H2,1-3H3. The summed E-state index contributed by atoms with van der Waals surface area (Å²) in [6, 6.07) is 2.11. The Morgan fingerprint density at radius 1 is 1.32 bits per heavy atom. The second-order valence-corrected chi connectivity index (χ2v) is 5.85. The third-order valence-electron chi connectivity index (χ3n) is 3.88. The molecule has 0 radical (unpaired) electrons. The molecule has 1 aromatic heterocycles. The number of hydrogen-bond donors (Lipinski definition) is 1. The van der Waals surface area contributed by atoms with Crippen LogP contribution in [0, 0.1) is 6.92 Å². The van der Waals surface area contributed by atoms with Crippen LogP contribution in [-0.4, -0.2) is 41.0 Å². The molecule has 0 saturated carbocycles. The van der Waals surface area contributed by atoms with Crippen LogP contribution >= 0.6 is 0 Å². The van der Waals surface area contributed by atoms with Crippen LogP contribution in [0.4, 0.5) is 0 Å². The van der Waals surface area contributed by atoms with Crippen molar-refractivity contribution >= 4 is 0 Å². The lowest BCUT2D eigenvalue weighted by atomic mass is 9.95. The van der Waals surface area contributed by atoms with Gasteiger partial charge in [-0.3, -0.25) is 0 Å². The average Bonchev–Trinajstić information content (AvgIpc) is 2.39. The molecule has 0 bridgehead atoms. The highest BCUT2D eigenvalue weighted by Crippen LogP contribution is 2.26. The quantitative estimate of drug-likeness (QED) is 0.902. The lowest BCUT2D eigenvalue weighted by molar-refractivity contribution is 0.214. The number of aryl methyl sites for hydroxylation is 1. The van der Waals surface area contributed by atoms with Crippen LogP contribution in [0.2, 0.25) is 0 Å². The summed E-state index contributed by atoms with van der Waals surface area (Å²) in [6.07, 6.45) is 2.31. The number of aromatic nitrogens is 2. The maximum atomic E-state index is 5.61. The number of nitrogens with two attached hydrogens (primary N) is 1. The average molecular weight is 262 g/mol. The van der Waals surface area contributed by atoms with E-state index in [0.717, 1.165) is 50.5 Å². The second-order valence-electron chi connectivity index (χ2n) is 5.85. The molecule has 1 saturated heterocycles. The van der Waals surface area contributed by atoms with Gasteiger partial charge in [-0.05, 0) is 44.8 Å². The van der Waals surface area contributed by atoms with Crippen LogP contribution in [0.25, 0.3) is 0 Å². The van der Waals surface area contributed by atoms with Crippen LogP contribution in [0.15, 0.2) is 6.07 Å². The first-order valence-corrected chi connectivity index (χ1v) is 7.38. The van der Waals surface area contributed by atoms with E-state index in [9.17, 15) is 0 Å². The van der Waals surface area contributed by atoms with E-state index in [-0.39, 0.29) is 0 Å². The van der Waals surface area contributed by atoms with E-state index in [2.05, 4.69) is 36.7 Å². The minimum absolute atomic E-state index is 0.470. The summed E-state index contributed by atoms with van der Waals surface area (Å²) in [5, 5.41) is 0. The van der Waals surface area contributed by atoms with Gasteiger partial charge in [-0.2, -0.15) is 0 Å².